The zero-order valence-electron chi connectivity index (χ0n) is 15.4. The van der Waals surface area contributed by atoms with E-state index in [1.807, 2.05) is 42.5 Å². The maximum Gasteiger partial charge on any atom is 0.194 e. The number of carbonyl (C=O) groups is 1. The molecule has 0 aliphatic heterocycles. The summed E-state index contributed by atoms with van der Waals surface area (Å²) in [5.41, 5.74) is 6.30. The quantitative estimate of drug-likeness (QED) is 0.331. The van der Waals surface area contributed by atoms with Gasteiger partial charge in [0.15, 0.2) is 5.78 Å². The fourth-order valence-electron chi connectivity index (χ4n) is 4.24. The molecular weight excluding hydrogens is 364 g/mol. The molecule has 0 aromatic heterocycles. The summed E-state index contributed by atoms with van der Waals surface area (Å²) in [6, 6.07) is 26.7. The third-order valence-electron chi connectivity index (χ3n) is 5.64. The van der Waals surface area contributed by atoms with Crippen molar-refractivity contribution in [2.45, 2.75) is 19.3 Å². The summed E-state index contributed by atoms with van der Waals surface area (Å²) < 4.78 is 0. The predicted octanol–water partition coefficient (Wildman–Crippen LogP) is 6.88. The minimum atomic E-state index is 0.135. The van der Waals surface area contributed by atoms with Gasteiger partial charge in [-0.25, -0.2) is 0 Å². The first-order valence-electron chi connectivity index (χ1n) is 9.65. The molecule has 0 amide bonds. The average Bonchev–Trinajstić information content (AvgIpc) is 3.02. The number of fused-ring (bicyclic) bond motifs is 5. The van der Waals surface area contributed by atoms with Crippen molar-refractivity contribution in [3.63, 3.8) is 0 Å². The van der Waals surface area contributed by atoms with Crippen molar-refractivity contribution in [3.05, 3.63) is 106 Å². The van der Waals surface area contributed by atoms with Crippen LogP contribution in [-0.4, -0.2) is 5.78 Å². The Labute approximate surface area is 169 Å². The predicted molar refractivity (Wildman–Crippen MR) is 116 cm³/mol. The van der Waals surface area contributed by atoms with Gasteiger partial charge in [-0.1, -0.05) is 78.3 Å². The van der Waals surface area contributed by atoms with Crippen molar-refractivity contribution in [2.75, 3.05) is 0 Å². The number of carbonyl (C=O) groups excluding carboxylic acids is 1. The van der Waals surface area contributed by atoms with Crippen LogP contribution in [0.4, 0.5) is 0 Å². The van der Waals surface area contributed by atoms with Crippen LogP contribution < -0.4 is 0 Å². The third kappa shape index (κ3) is 2.83. The molecule has 0 atom stereocenters. The molecule has 0 radical (unpaired) electrons. The number of ketones is 1. The lowest BCUT2D eigenvalue weighted by Crippen LogP contribution is -1.95. The van der Waals surface area contributed by atoms with E-state index in [0.717, 1.165) is 51.9 Å². The molecule has 2 heteroatoms. The van der Waals surface area contributed by atoms with Gasteiger partial charge < -0.3 is 0 Å². The lowest BCUT2D eigenvalue weighted by molar-refractivity contribution is 0.104. The molecule has 4 aromatic carbocycles. The summed E-state index contributed by atoms with van der Waals surface area (Å²) in [6.45, 7) is 0. The van der Waals surface area contributed by atoms with Crippen molar-refractivity contribution >= 4 is 28.2 Å². The van der Waals surface area contributed by atoms with Crippen LogP contribution in [0.5, 0.6) is 0 Å². The lowest BCUT2D eigenvalue weighted by Gasteiger charge is -2.09. The van der Waals surface area contributed by atoms with E-state index in [-0.39, 0.29) is 5.78 Å². The van der Waals surface area contributed by atoms with Crippen molar-refractivity contribution in [1.82, 2.24) is 0 Å². The maximum atomic E-state index is 12.7. The molecule has 0 unspecified atom stereocenters. The second-order valence-corrected chi connectivity index (χ2v) is 7.77. The molecule has 0 saturated heterocycles. The van der Waals surface area contributed by atoms with E-state index >= 15 is 0 Å². The summed E-state index contributed by atoms with van der Waals surface area (Å²) in [5, 5.41) is 3.20. The van der Waals surface area contributed by atoms with Gasteiger partial charge in [0.2, 0.25) is 0 Å². The van der Waals surface area contributed by atoms with E-state index in [1.54, 1.807) is 0 Å². The van der Waals surface area contributed by atoms with Crippen molar-refractivity contribution in [3.8, 4) is 11.1 Å². The molecule has 1 aliphatic carbocycles. The Balaban J connectivity index is 1.44. The van der Waals surface area contributed by atoms with Gasteiger partial charge in [-0.2, -0.15) is 0 Å². The topological polar surface area (TPSA) is 17.1 Å². The highest BCUT2D eigenvalue weighted by Gasteiger charge is 2.27. The van der Waals surface area contributed by atoms with Crippen LogP contribution in [0.25, 0.3) is 21.9 Å². The van der Waals surface area contributed by atoms with Gasteiger partial charge in [0, 0.05) is 21.7 Å². The van der Waals surface area contributed by atoms with E-state index in [4.69, 9.17) is 11.6 Å². The first-order chi connectivity index (χ1) is 13.7. The molecule has 0 spiro atoms. The minimum absolute atomic E-state index is 0.135. The van der Waals surface area contributed by atoms with Crippen LogP contribution >= 0.6 is 11.6 Å². The van der Waals surface area contributed by atoms with Gasteiger partial charge in [-0.3, -0.25) is 4.79 Å². The van der Waals surface area contributed by atoms with Gasteiger partial charge in [0.05, 0.1) is 0 Å². The van der Waals surface area contributed by atoms with E-state index in [9.17, 15) is 4.79 Å². The Hall–Kier alpha value is -2.90. The van der Waals surface area contributed by atoms with Crippen LogP contribution in [-0.2, 0) is 12.8 Å². The Kier molecular flexibility index (Phi) is 4.26. The van der Waals surface area contributed by atoms with E-state index < -0.39 is 0 Å². The highest BCUT2D eigenvalue weighted by molar-refractivity contribution is 6.31. The lowest BCUT2D eigenvalue weighted by atomic mass is 9.95. The second-order valence-electron chi connectivity index (χ2n) is 7.36. The fraction of sp³-hybridized carbons (Fsp3) is 0.115. The van der Waals surface area contributed by atoms with Crippen molar-refractivity contribution < 1.29 is 4.79 Å². The first-order valence-corrected chi connectivity index (χ1v) is 10.0. The number of rotatable bonds is 4. The number of benzene rings is 4. The molecule has 5 rings (SSSR count). The monoisotopic (exact) mass is 382 g/mol. The maximum absolute atomic E-state index is 12.7. The number of aryl methyl sites for hydroxylation is 2. The largest absolute Gasteiger partial charge is 0.289 e. The molecule has 0 fully saturated rings. The van der Waals surface area contributed by atoms with Crippen LogP contribution in [0.2, 0.25) is 5.02 Å². The van der Waals surface area contributed by atoms with Crippen molar-refractivity contribution in [2.24, 2.45) is 0 Å². The van der Waals surface area contributed by atoms with E-state index in [0.29, 0.717) is 0 Å². The highest BCUT2D eigenvalue weighted by Crippen LogP contribution is 2.41. The Bertz CT molecular complexity index is 1220. The summed E-state index contributed by atoms with van der Waals surface area (Å²) in [6.07, 6.45) is 3.04. The molecule has 1 aliphatic rings. The molecule has 4 aromatic rings. The molecule has 0 heterocycles. The molecule has 0 saturated carbocycles. The normalized spacial score (nSPS) is 12.2. The van der Waals surface area contributed by atoms with Crippen molar-refractivity contribution in [1.29, 1.82) is 0 Å². The van der Waals surface area contributed by atoms with Crippen LogP contribution in [0.15, 0.2) is 78.9 Å². The smallest absolute Gasteiger partial charge is 0.194 e. The van der Waals surface area contributed by atoms with E-state index in [2.05, 4.69) is 36.4 Å². The molecule has 136 valence electrons. The highest BCUT2D eigenvalue weighted by atomic mass is 35.5. The zero-order chi connectivity index (χ0) is 19.1. The molecule has 28 heavy (non-hydrogen) atoms. The van der Waals surface area contributed by atoms with Crippen LogP contribution in [0.3, 0.4) is 0 Å². The fourth-order valence-corrected chi connectivity index (χ4v) is 4.47. The minimum Gasteiger partial charge on any atom is -0.289 e. The number of halogens is 1. The number of hydrogen-bond donors (Lipinski definition) is 0. The summed E-state index contributed by atoms with van der Waals surface area (Å²) >= 11 is 6.26. The Morgan fingerprint density at radius 3 is 2.36 bits per heavy atom. The van der Waals surface area contributed by atoms with E-state index in [1.165, 1.54) is 16.5 Å². The average molecular weight is 383 g/mol. The number of hydrogen-bond acceptors (Lipinski definition) is 1. The van der Waals surface area contributed by atoms with Crippen LogP contribution in [0.1, 0.15) is 33.5 Å². The SMILES string of the molecule is O=C1c2ccccc2-c2c1ccc1cc(CCCc3ccccc3Cl)ccc21. The summed E-state index contributed by atoms with van der Waals surface area (Å²) in [4.78, 5) is 12.7. The standard InChI is InChI=1S/C26H19ClO/c27-24-11-4-1-7-18(24)8-5-6-17-12-14-20-19(16-17)13-15-23-25(20)21-9-2-3-10-22(21)26(23)28/h1-4,7,9-16H,5-6,8H2. The molecule has 1 nitrogen and oxygen atoms in total. The van der Waals surface area contributed by atoms with Gasteiger partial charge in [0.25, 0.3) is 0 Å². The first kappa shape index (κ1) is 17.2. The van der Waals surface area contributed by atoms with Gasteiger partial charge in [-0.05, 0) is 58.9 Å². The second kappa shape index (κ2) is 6.92. The Morgan fingerprint density at radius 2 is 1.50 bits per heavy atom. The third-order valence-corrected chi connectivity index (χ3v) is 6.01. The van der Waals surface area contributed by atoms with Gasteiger partial charge in [0.1, 0.15) is 0 Å². The zero-order valence-corrected chi connectivity index (χ0v) is 16.2. The Morgan fingerprint density at radius 1 is 0.714 bits per heavy atom. The molecule has 0 N–H and O–H groups in total. The van der Waals surface area contributed by atoms with Crippen LogP contribution in [0, 0.1) is 0 Å². The summed E-state index contributed by atoms with van der Waals surface area (Å²) in [5.74, 6) is 0.135. The van der Waals surface area contributed by atoms with Gasteiger partial charge >= 0.3 is 0 Å². The molecule has 0 bridgehead atoms. The molecular formula is C26H19ClO. The summed E-state index contributed by atoms with van der Waals surface area (Å²) in [7, 11) is 0. The van der Waals surface area contributed by atoms with Gasteiger partial charge in [-0.15, -0.1) is 0 Å².